The van der Waals surface area contributed by atoms with Crippen LogP contribution >= 0.6 is 15.9 Å². The van der Waals surface area contributed by atoms with E-state index in [1.165, 1.54) is 0 Å². The van der Waals surface area contributed by atoms with Crippen LogP contribution in [0.5, 0.6) is 5.88 Å². The molecule has 2 aromatic heterocycles. The number of ether oxygens (including phenoxy) is 2. The van der Waals surface area contributed by atoms with E-state index in [1.807, 2.05) is 18.2 Å². The first kappa shape index (κ1) is 19.5. The predicted octanol–water partition coefficient (Wildman–Crippen LogP) is 3.67. The van der Waals surface area contributed by atoms with Gasteiger partial charge in [-0.1, -0.05) is 18.2 Å². The molecule has 2 saturated heterocycles. The third-order valence-corrected chi connectivity index (χ3v) is 6.34. The number of para-hydroxylation sites is 1. The number of rotatable bonds is 5. The van der Waals surface area contributed by atoms with E-state index in [1.54, 1.807) is 13.3 Å². The van der Waals surface area contributed by atoms with Crippen molar-refractivity contribution in [3.05, 3.63) is 47.1 Å². The second-order valence-corrected chi connectivity index (χ2v) is 8.61. The fourth-order valence-corrected chi connectivity index (χ4v) is 4.24. The van der Waals surface area contributed by atoms with Gasteiger partial charge in [-0.25, -0.2) is 9.97 Å². The molecule has 0 radical (unpaired) electrons. The highest BCUT2D eigenvalue weighted by molar-refractivity contribution is 9.10. The average molecular weight is 470 g/mol. The minimum absolute atomic E-state index is 0.0801. The Labute approximate surface area is 184 Å². The van der Waals surface area contributed by atoms with Crippen molar-refractivity contribution in [2.45, 2.75) is 25.0 Å². The van der Waals surface area contributed by atoms with Crippen molar-refractivity contribution in [3.63, 3.8) is 0 Å². The number of halogens is 1. The summed E-state index contributed by atoms with van der Waals surface area (Å²) in [5.74, 6) is 2.30. The highest BCUT2D eigenvalue weighted by atomic mass is 79.9. The summed E-state index contributed by atoms with van der Waals surface area (Å²) < 4.78 is 12.4. The topological polar surface area (TPSA) is 63.6 Å². The van der Waals surface area contributed by atoms with Crippen LogP contribution in [0.2, 0.25) is 0 Å². The van der Waals surface area contributed by atoms with E-state index in [2.05, 4.69) is 53.9 Å². The van der Waals surface area contributed by atoms with Crippen molar-refractivity contribution < 1.29 is 9.47 Å². The minimum atomic E-state index is 0.0801. The fraction of sp³-hybridized carbons (Fsp3) is 0.409. The minimum Gasteiger partial charge on any atom is -0.470 e. The van der Waals surface area contributed by atoms with E-state index < -0.39 is 0 Å². The Morgan fingerprint density at radius 1 is 0.967 bits per heavy atom. The van der Waals surface area contributed by atoms with Gasteiger partial charge in [-0.2, -0.15) is 4.98 Å². The lowest BCUT2D eigenvalue weighted by Crippen LogP contribution is -2.54. The molecule has 0 atom stereocenters. The van der Waals surface area contributed by atoms with Gasteiger partial charge in [-0.15, -0.1) is 0 Å². The lowest BCUT2D eigenvalue weighted by atomic mass is 10.1. The molecule has 0 spiro atoms. The van der Waals surface area contributed by atoms with Crippen LogP contribution in [-0.4, -0.2) is 60.4 Å². The smallest absolute Gasteiger partial charge is 0.233 e. The number of hydrogen-bond acceptors (Lipinski definition) is 7. The largest absolute Gasteiger partial charge is 0.470 e. The highest BCUT2D eigenvalue weighted by Gasteiger charge is 2.31. The molecule has 0 unspecified atom stereocenters. The van der Waals surface area contributed by atoms with Gasteiger partial charge in [0, 0.05) is 25.6 Å². The van der Waals surface area contributed by atoms with Crippen LogP contribution in [0.25, 0.3) is 10.9 Å². The zero-order valence-electron chi connectivity index (χ0n) is 16.9. The Kier molecular flexibility index (Phi) is 5.43. The number of aromatic nitrogens is 3. The Morgan fingerprint density at radius 2 is 1.77 bits per heavy atom. The van der Waals surface area contributed by atoms with Crippen molar-refractivity contribution in [1.29, 1.82) is 0 Å². The van der Waals surface area contributed by atoms with E-state index in [0.717, 1.165) is 66.2 Å². The van der Waals surface area contributed by atoms with Crippen LogP contribution in [0.4, 0.5) is 11.8 Å². The summed E-state index contributed by atoms with van der Waals surface area (Å²) in [6.07, 6.45) is 4.17. The summed E-state index contributed by atoms with van der Waals surface area (Å²) in [6, 6.07) is 12.4. The van der Waals surface area contributed by atoms with Crippen LogP contribution in [-0.2, 0) is 4.74 Å². The first-order chi connectivity index (χ1) is 14.7. The van der Waals surface area contributed by atoms with Gasteiger partial charge in [-0.3, -0.25) is 0 Å². The number of pyridine rings is 1. The lowest BCUT2D eigenvalue weighted by molar-refractivity contribution is 0.0816. The van der Waals surface area contributed by atoms with Crippen molar-refractivity contribution in [3.8, 4) is 5.88 Å². The van der Waals surface area contributed by atoms with Crippen LogP contribution in [0, 0.1) is 0 Å². The van der Waals surface area contributed by atoms with Gasteiger partial charge >= 0.3 is 0 Å². The molecule has 2 fully saturated rings. The summed E-state index contributed by atoms with van der Waals surface area (Å²) >= 11 is 3.53. The first-order valence-corrected chi connectivity index (χ1v) is 11.1. The van der Waals surface area contributed by atoms with Gasteiger partial charge < -0.3 is 19.3 Å². The van der Waals surface area contributed by atoms with Crippen LogP contribution < -0.4 is 14.5 Å². The van der Waals surface area contributed by atoms with Gasteiger partial charge in [0.1, 0.15) is 11.9 Å². The van der Waals surface area contributed by atoms with Crippen molar-refractivity contribution in [2.75, 3.05) is 43.1 Å². The molecular weight excluding hydrogens is 446 g/mol. The number of nitrogens with zero attached hydrogens (tertiary/aromatic N) is 5. The van der Waals surface area contributed by atoms with E-state index in [9.17, 15) is 0 Å². The maximum atomic E-state index is 6.18. The molecule has 2 aliphatic heterocycles. The maximum absolute atomic E-state index is 6.18. The SMILES string of the molecule is COC1CCN(c2ncc(Br)c(OC3CN(c4ccc5ccccc5n4)C3)n2)CC1. The number of piperidine rings is 1. The van der Waals surface area contributed by atoms with Crippen LogP contribution in [0.1, 0.15) is 12.8 Å². The van der Waals surface area contributed by atoms with Gasteiger partial charge in [0.15, 0.2) is 0 Å². The molecule has 0 aliphatic carbocycles. The van der Waals surface area contributed by atoms with Gasteiger partial charge in [0.05, 0.1) is 35.4 Å². The van der Waals surface area contributed by atoms with Gasteiger partial charge in [0.25, 0.3) is 0 Å². The van der Waals surface area contributed by atoms with Crippen molar-refractivity contribution in [2.24, 2.45) is 0 Å². The predicted molar refractivity (Wildman–Crippen MR) is 120 cm³/mol. The maximum Gasteiger partial charge on any atom is 0.233 e. The molecule has 2 aliphatic rings. The molecular formula is C22H24BrN5O2. The van der Waals surface area contributed by atoms with Crippen LogP contribution in [0.15, 0.2) is 47.1 Å². The molecule has 3 aromatic rings. The Balaban J connectivity index is 1.22. The summed E-state index contributed by atoms with van der Waals surface area (Å²) in [4.78, 5) is 18.3. The number of anilines is 2. The monoisotopic (exact) mass is 469 g/mol. The third kappa shape index (κ3) is 3.94. The molecule has 156 valence electrons. The standard InChI is InChI=1S/C22H24BrN5O2/c1-29-16-8-10-27(11-9-16)22-24-12-18(23)21(26-22)30-17-13-28(14-17)20-7-6-15-4-2-3-5-19(15)25-20/h2-7,12,16-17H,8-11,13-14H2,1H3. The molecule has 1 aromatic carbocycles. The molecule has 0 N–H and O–H groups in total. The molecule has 30 heavy (non-hydrogen) atoms. The number of benzene rings is 1. The van der Waals surface area contributed by atoms with Gasteiger partial charge in [0.2, 0.25) is 11.8 Å². The van der Waals surface area contributed by atoms with E-state index in [-0.39, 0.29) is 6.10 Å². The van der Waals surface area contributed by atoms with Crippen molar-refractivity contribution in [1.82, 2.24) is 15.0 Å². The lowest BCUT2D eigenvalue weighted by Gasteiger charge is -2.39. The summed E-state index contributed by atoms with van der Waals surface area (Å²) in [5.41, 5.74) is 1.01. The molecule has 7 nitrogen and oxygen atoms in total. The zero-order valence-corrected chi connectivity index (χ0v) is 18.5. The molecule has 0 amide bonds. The molecule has 8 heteroatoms. The molecule has 4 heterocycles. The van der Waals surface area contributed by atoms with E-state index in [0.29, 0.717) is 12.0 Å². The Bertz CT molecular complexity index is 1030. The zero-order chi connectivity index (χ0) is 20.5. The Hall–Kier alpha value is -2.45. The fourth-order valence-electron chi connectivity index (χ4n) is 3.96. The molecule has 0 saturated carbocycles. The van der Waals surface area contributed by atoms with Crippen LogP contribution in [0.3, 0.4) is 0 Å². The van der Waals surface area contributed by atoms with E-state index >= 15 is 0 Å². The number of fused-ring (bicyclic) bond motifs is 1. The summed E-state index contributed by atoms with van der Waals surface area (Å²) in [6.45, 7) is 3.36. The first-order valence-electron chi connectivity index (χ1n) is 10.3. The summed E-state index contributed by atoms with van der Waals surface area (Å²) in [5, 5.41) is 1.15. The van der Waals surface area contributed by atoms with E-state index in [4.69, 9.17) is 14.5 Å². The molecule has 0 bridgehead atoms. The quantitative estimate of drug-likeness (QED) is 0.564. The highest BCUT2D eigenvalue weighted by Crippen LogP contribution is 2.29. The number of methoxy groups -OCH3 is 1. The van der Waals surface area contributed by atoms with Crippen molar-refractivity contribution >= 4 is 38.6 Å². The summed E-state index contributed by atoms with van der Waals surface area (Å²) in [7, 11) is 1.78. The second-order valence-electron chi connectivity index (χ2n) is 7.75. The number of hydrogen-bond donors (Lipinski definition) is 0. The normalized spacial score (nSPS) is 17.9. The second kappa shape index (κ2) is 8.35. The average Bonchev–Trinajstić information content (AvgIpc) is 2.77. The van der Waals surface area contributed by atoms with Gasteiger partial charge in [-0.05, 0) is 47.0 Å². The Morgan fingerprint density at radius 3 is 2.57 bits per heavy atom. The molecule has 5 rings (SSSR count). The third-order valence-electron chi connectivity index (χ3n) is 5.79.